The second kappa shape index (κ2) is 4.89. The fourth-order valence-corrected chi connectivity index (χ4v) is 2.35. The lowest BCUT2D eigenvalue weighted by molar-refractivity contribution is 0.0622. The summed E-state index contributed by atoms with van der Waals surface area (Å²) in [6.45, 7) is 3.74. The molecule has 2 heterocycles. The van der Waals surface area contributed by atoms with E-state index in [1.54, 1.807) is 13.3 Å². The number of pyridine rings is 1. The Hall–Kier alpha value is -1.00. The Bertz CT molecular complexity index is 370. The first-order valence-corrected chi connectivity index (χ1v) is 5.58. The molecule has 1 fully saturated rings. The minimum Gasteiger partial charge on any atom is -0.379 e. The Morgan fingerprint density at radius 1 is 1.56 bits per heavy atom. The average Bonchev–Trinajstić information content (AvgIpc) is 2.29. The molecular formula is C12H17FN2O. The van der Waals surface area contributed by atoms with Crippen LogP contribution in [-0.4, -0.2) is 31.3 Å². The van der Waals surface area contributed by atoms with Gasteiger partial charge in [0.1, 0.15) is 0 Å². The van der Waals surface area contributed by atoms with E-state index >= 15 is 0 Å². The number of methoxy groups -OCH3 is 1. The molecule has 1 aromatic rings. The molecule has 1 aliphatic rings. The number of aromatic nitrogens is 1. The molecule has 0 bridgehead atoms. The van der Waals surface area contributed by atoms with Gasteiger partial charge < -0.3 is 10.1 Å². The first kappa shape index (κ1) is 11.5. The largest absolute Gasteiger partial charge is 0.379 e. The lowest BCUT2D eigenvalue weighted by Crippen LogP contribution is -2.40. The molecule has 88 valence electrons. The van der Waals surface area contributed by atoms with Gasteiger partial charge in [-0.15, -0.1) is 0 Å². The highest BCUT2D eigenvalue weighted by Crippen LogP contribution is 2.29. The van der Waals surface area contributed by atoms with E-state index in [1.807, 2.05) is 6.92 Å². The number of halogens is 1. The van der Waals surface area contributed by atoms with Crippen molar-refractivity contribution in [1.82, 2.24) is 10.3 Å². The van der Waals surface area contributed by atoms with E-state index in [0.717, 1.165) is 30.6 Å². The summed E-state index contributed by atoms with van der Waals surface area (Å²) in [5.41, 5.74) is 2.07. The van der Waals surface area contributed by atoms with Gasteiger partial charge in [0.05, 0.1) is 6.10 Å². The summed E-state index contributed by atoms with van der Waals surface area (Å²) in [6, 6.07) is 1.49. The summed E-state index contributed by atoms with van der Waals surface area (Å²) in [6.07, 6.45) is 2.80. The molecule has 0 aliphatic carbocycles. The van der Waals surface area contributed by atoms with E-state index in [4.69, 9.17) is 4.74 Å². The number of hydrogen-bond donors (Lipinski definition) is 1. The zero-order chi connectivity index (χ0) is 11.5. The molecule has 1 aliphatic heterocycles. The molecule has 0 aromatic carbocycles. The van der Waals surface area contributed by atoms with E-state index in [2.05, 4.69) is 10.3 Å². The Labute approximate surface area is 95.0 Å². The normalized spacial score (nSPS) is 25.7. The number of ether oxygens (including phenoxy) is 1. The average molecular weight is 224 g/mol. The van der Waals surface area contributed by atoms with Gasteiger partial charge in [0.2, 0.25) is 5.95 Å². The Kier molecular flexibility index (Phi) is 3.51. The van der Waals surface area contributed by atoms with Gasteiger partial charge in [0.25, 0.3) is 0 Å². The summed E-state index contributed by atoms with van der Waals surface area (Å²) >= 11 is 0. The van der Waals surface area contributed by atoms with Crippen molar-refractivity contribution in [2.75, 3.05) is 20.2 Å². The summed E-state index contributed by atoms with van der Waals surface area (Å²) < 4.78 is 18.4. The van der Waals surface area contributed by atoms with Crippen LogP contribution < -0.4 is 5.32 Å². The molecule has 0 radical (unpaired) electrons. The van der Waals surface area contributed by atoms with E-state index in [0.29, 0.717) is 5.92 Å². The van der Waals surface area contributed by atoms with Gasteiger partial charge >= 0.3 is 0 Å². The number of aryl methyl sites for hydroxylation is 1. The van der Waals surface area contributed by atoms with Gasteiger partial charge in [-0.3, -0.25) is 0 Å². The van der Waals surface area contributed by atoms with Gasteiger partial charge in [0, 0.05) is 25.8 Å². The van der Waals surface area contributed by atoms with Gasteiger partial charge in [-0.25, -0.2) is 4.98 Å². The van der Waals surface area contributed by atoms with E-state index < -0.39 is 5.95 Å². The topological polar surface area (TPSA) is 34.1 Å². The maximum Gasteiger partial charge on any atom is 0.213 e. The number of piperidine rings is 1. The van der Waals surface area contributed by atoms with E-state index in [9.17, 15) is 4.39 Å². The van der Waals surface area contributed by atoms with Crippen molar-refractivity contribution < 1.29 is 9.13 Å². The maximum atomic E-state index is 12.9. The second-order valence-electron chi connectivity index (χ2n) is 4.24. The van der Waals surface area contributed by atoms with Crippen LogP contribution in [-0.2, 0) is 4.74 Å². The highest BCUT2D eigenvalue weighted by molar-refractivity contribution is 5.27. The molecule has 4 heteroatoms. The number of nitrogens with zero attached hydrogens (tertiary/aromatic N) is 1. The fourth-order valence-electron chi connectivity index (χ4n) is 2.35. The van der Waals surface area contributed by atoms with E-state index in [1.165, 1.54) is 6.07 Å². The highest BCUT2D eigenvalue weighted by Gasteiger charge is 2.27. The molecule has 0 spiro atoms. The standard InChI is InChI=1S/C12H17FN2O/c1-8-5-12(13)15-6-10(8)9-3-4-14-7-11(9)16-2/h5-6,9,11,14H,3-4,7H2,1-2H3. The zero-order valence-electron chi connectivity index (χ0n) is 9.66. The molecule has 1 aromatic heterocycles. The summed E-state index contributed by atoms with van der Waals surface area (Å²) in [5.74, 6) is -0.0940. The Morgan fingerprint density at radius 2 is 2.38 bits per heavy atom. The van der Waals surface area contributed by atoms with Gasteiger partial charge in [-0.2, -0.15) is 4.39 Å². The predicted octanol–water partition coefficient (Wildman–Crippen LogP) is 1.62. The minimum atomic E-state index is -0.413. The quantitative estimate of drug-likeness (QED) is 0.775. The van der Waals surface area contributed by atoms with Crippen LogP contribution >= 0.6 is 0 Å². The van der Waals surface area contributed by atoms with Crippen LogP contribution in [0.4, 0.5) is 4.39 Å². The predicted molar refractivity (Wildman–Crippen MR) is 60.0 cm³/mol. The summed E-state index contributed by atoms with van der Waals surface area (Å²) in [5, 5.41) is 3.30. The SMILES string of the molecule is COC1CNCCC1c1cnc(F)cc1C. The molecular weight excluding hydrogens is 207 g/mol. The maximum absolute atomic E-state index is 12.9. The summed E-state index contributed by atoms with van der Waals surface area (Å²) in [7, 11) is 1.72. The molecule has 3 nitrogen and oxygen atoms in total. The third-order valence-electron chi connectivity index (χ3n) is 3.25. The van der Waals surface area contributed by atoms with Crippen molar-refractivity contribution in [2.24, 2.45) is 0 Å². The number of hydrogen-bond acceptors (Lipinski definition) is 3. The van der Waals surface area contributed by atoms with Crippen molar-refractivity contribution >= 4 is 0 Å². The summed E-state index contributed by atoms with van der Waals surface area (Å²) in [4.78, 5) is 3.74. The molecule has 2 atom stereocenters. The van der Waals surface area contributed by atoms with Crippen LogP contribution in [0, 0.1) is 12.9 Å². The van der Waals surface area contributed by atoms with Crippen molar-refractivity contribution in [2.45, 2.75) is 25.4 Å². The third-order valence-corrected chi connectivity index (χ3v) is 3.25. The number of rotatable bonds is 2. The fraction of sp³-hybridized carbons (Fsp3) is 0.583. The number of nitrogens with one attached hydrogen (secondary N) is 1. The van der Waals surface area contributed by atoms with E-state index in [-0.39, 0.29) is 6.10 Å². The minimum absolute atomic E-state index is 0.153. The van der Waals surface area contributed by atoms with Gasteiger partial charge in [0.15, 0.2) is 0 Å². The van der Waals surface area contributed by atoms with Crippen LogP contribution in [0.5, 0.6) is 0 Å². The molecule has 0 saturated carbocycles. The van der Waals surface area contributed by atoms with Crippen LogP contribution in [0.25, 0.3) is 0 Å². The second-order valence-corrected chi connectivity index (χ2v) is 4.24. The van der Waals surface area contributed by atoms with Crippen molar-refractivity contribution in [3.63, 3.8) is 0 Å². The molecule has 16 heavy (non-hydrogen) atoms. The van der Waals surface area contributed by atoms with Crippen LogP contribution in [0.2, 0.25) is 0 Å². The molecule has 1 N–H and O–H groups in total. The highest BCUT2D eigenvalue weighted by atomic mass is 19.1. The molecule has 1 saturated heterocycles. The lowest BCUT2D eigenvalue weighted by Gasteiger charge is -2.32. The van der Waals surface area contributed by atoms with Gasteiger partial charge in [-0.1, -0.05) is 0 Å². The Balaban J connectivity index is 2.27. The molecule has 2 unspecified atom stereocenters. The van der Waals surface area contributed by atoms with Crippen LogP contribution in [0.3, 0.4) is 0 Å². The smallest absolute Gasteiger partial charge is 0.213 e. The first-order valence-electron chi connectivity index (χ1n) is 5.58. The molecule has 0 amide bonds. The monoisotopic (exact) mass is 224 g/mol. The zero-order valence-corrected chi connectivity index (χ0v) is 9.66. The van der Waals surface area contributed by atoms with Gasteiger partial charge in [-0.05, 0) is 37.1 Å². The van der Waals surface area contributed by atoms with Crippen molar-refractivity contribution in [3.8, 4) is 0 Å². The van der Waals surface area contributed by atoms with Crippen LogP contribution in [0.1, 0.15) is 23.5 Å². The van der Waals surface area contributed by atoms with Crippen LogP contribution in [0.15, 0.2) is 12.3 Å². The van der Waals surface area contributed by atoms with Crippen molar-refractivity contribution in [1.29, 1.82) is 0 Å². The van der Waals surface area contributed by atoms with Crippen molar-refractivity contribution in [3.05, 3.63) is 29.3 Å². The Morgan fingerprint density at radius 3 is 3.06 bits per heavy atom. The molecule has 2 rings (SSSR count). The third kappa shape index (κ3) is 2.23. The first-order chi connectivity index (χ1) is 7.72. The lowest BCUT2D eigenvalue weighted by atomic mass is 9.86.